The fourth-order valence-electron chi connectivity index (χ4n) is 2.83. The number of fused-ring (bicyclic) bond motifs is 1. The van der Waals surface area contributed by atoms with Crippen LogP contribution in [0.4, 0.5) is 5.69 Å². The number of aryl methyl sites for hydroxylation is 2. The second-order valence-corrected chi connectivity index (χ2v) is 5.25. The number of carbonyl (C=O) groups is 1. The standard InChI is InChI=1S/C14H18N4O2/c1-4-18(9-5-6-9)12-10(14(19)20)7-15-13-11(12)8(2)16-17(13)3/h7,9H,4-6H2,1-3H3,(H,19,20). The van der Waals surface area contributed by atoms with E-state index in [1.165, 1.54) is 6.20 Å². The SMILES string of the molecule is CCN(c1c(C(=O)O)cnc2c1c(C)nn2C)C1CC1. The van der Waals surface area contributed by atoms with Crippen molar-refractivity contribution in [1.82, 2.24) is 14.8 Å². The van der Waals surface area contributed by atoms with Crippen LogP contribution in [0.2, 0.25) is 0 Å². The molecule has 1 saturated carbocycles. The van der Waals surface area contributed by atoms with Gasteiger partial charge in [-0.2, -0.15) is 5.10 Å². The molecule has 6 heteroatoms. The largest absolute Gasteiger partial charge is 0.478 e. The summed E-state index contributed by atoms with van der Waals surface area (Å²) in [5, 5.41) is 14.7. The molecule has 1 aliphatic rings. The predicted octanol–water partition coefficient (Wildman–Crippen LogP) is 1.96. The summed E-state index contributed by atoms with van der Waals surface area (Å²) in [6.45, 7) is 4.75. The Kier molecular flexibility index (Phi) is 2.88. The zero-order valence-corrected chi connectivity index (χ0v) is 11.9. The molecule has 0 amide bonds. The van der Waals surface area contributed by atoms with Crippen LogP contribution in [0.3, 0.4) is 0 Å². The third-order valence-electron chi connectivity index (χ3n) is 3.85. The van der Waals surface area contributed by atoms with Gasteiger partial charge in [-0.25, -0.2) is 9.78 Å². The summed E-state index contributed by atoms with van der Waals surface area (Å²) in [7, 11) is 1.83. The quantitative estimate of drug-likeness (QED) is 0.922. The van der Waals surface area contributed by atoms with E-state index in [1.807, 2.05) is 14.0 Å². The van der Waals surface area contributed by atoms with Crippen LogP contribution in [0.25, 0.3) is 11.0 Å². The van der Waals surface area contributed by atoms with E-state index in [1.54, 1.807) is 4.68 Å². The van der Waals surface area contributed by atoms with Gasteiger partial charge in [-0.05, 0) is 26.7 Å². The summed E-state index contributed by atoms with van der Waals surface area (Å²) >= 11 is 0. The number of hydrogen-bond donors (Lipinski definition) is 1. The van der Waals surface area contributed by atoms with Crippen LogP contribution in [0.5, 0.6) is 0 Å². The molecular formula is C14H18N4O2. The maximum atomic E-state index is 11.6. The topological polar surface area (TPSA) is 71.2 Å². The summed E-state index contributed by atoms with van der Waals surface area (Å²) in [5.41, 5.74) is 2.61. The first kappa shape index (κ1) is 12.9. The molecule has 2 aromatic rings. The number of carboxylic acids is 1. The molecule has 0 spiro atoms. The molecule has 1 aliphatic carbocycles. The van der Waals surface area contributed by atoms with Crippen LogP contribution < -0.4 is 4.90 Å². The Morgan fingerprint density at radius 2 is 2.25 bits per heavy atom. The molecule has 0 radical (unpaired) electrons. The number of rotatable bonds is 4. The van der Waals surface area contributed by atoms with Crippen molar-refractivity contribution >= 4 is 22.7 Å². The maximum absolute atomic E-state index is 11.6. The van der Waals surface area contributed by atoms with E-state index in [9.17, 15) is 9.90 Å². The monoisotopic (exact) mass is 274 g/mol. The van der Waals surface area contributed by atoms with Crippen molar-refractivity contribution in [2.24, 2.45) is 7.05 Å². The first-order valence-corrected chi connectivity index (χ1v) is 6.86. The highest BCUT2D eigenvalue weighted by Crippen LogP contribution is 2.38. The van der Waals surface area contributed by atoms with Crippen LogP contribution >= 0.6 is 0 Å². The molecule has 1 N–H and O–H groups in total. The van der Waals surface area contributed by atoms with Crippen LogP contribution in [0, 0.1) is 6.92 Å². The summed E-state index contributed by atoms with van der Waals surface area (Å²) in [5.74, 6) is -0.934. The fourth-order valence-corrected chi connectivity index (χ4v) is 2.83. The van der Waals surface area contributed by atoms with Gasteiger partial charge in [-0.3, -0.25) is 4.68 Å². The van der Waals surface area contributed by atoms with Gasteiger partial charge in [0.05, 0.1) is 16.8 Å². The van der Waals surface area contributed by atoms with Gasteiger partial charge in [0, 0.05) is 25.8 Å². The molecule has 2 heterocycles. The highest BCUT2D eigenvalue weighted by molar-refractivity contribution is 6.05. The third kappa shape index (κ3) is 1.83. The highest BCUT2D eigenvalue weighted by Gasteiger charge is 2.33. The summed E-state index contributed by atoms with van der Waals surface area (Å²) in [4.78, 5) is 18.0. The highest BCUT2D eigenvalue weighted by atomic mass is 16.4. The Labute approximate surface area is 117 Å². The normalized spacial score (nSPS) is 14.8. The van der Waals surface area contributed by atoms with Crippen molar-refractivity contribution in [2.45, 2.75) is 32.7 Å². The molecule has 2 aromatic heterocycles. The van der Waals surface area contributed by atoms with Crippen LogP contribution in [0.1, 0.15) is 35.8 Å². The van der Waals surface area contributed by atoms with Crippen molar-refractivity contribution in [2.75, 3.05) is 11.4 Å². The minimum Gasteiger partial charge on any atom is -0.478 e. The van der Waals surface area contributed by atoms with Crippen molar-refractivity contribution < 1.29 is 9.90 Å². The Hall–Kier alpha value is -2.11. The van der Waals surface area contributed by atoms with Gasteiger partial charge in [0.1, 0.15) is 5.56 Å². The molecule has 0 aliphatic heterocycles. The van der Waals surface area contributed by atoms with Crippen molar-refractivity contribution in [3.05, 3.63) is 17.5 Å². The van der Waals surface area contributed by atoms with E-state index in [-0.39, 0.29) is 5.56 Å². The van der Waals surface area contributed by atoms with E-state index in [2.05, 4.69) is 21.9 Å². The van der Waals surface area contributed by atoms with E-state index in [4.69, 9.17) is 0 Å². The Bertz CT molecular complexity index is 688. The minimum atomic E-state index is -0.934. The molecule has 6 nitrogen and oxygen atoms in total. The number of aromatic nitrogens is 3. The molecule has 106 valence electrons. The van der Waals surface area contributed by atoms with Crippen molar-refractivity contribution in [1.29, 1.82) is 0 Å². The lowest BCUT2D eigenvalue weighted by atomic mass is 10.1. The fraction of sp³-hybridized carbons (Fsp3) is 0.500. The molecule has 0 atom stereocenters. The zero-order valence-electron chi connectivity index (χ0n) is 11.9. The van der Waals surface area contributed by atoms with Crippen molar-refractivity contribution in [3.63, 3.8) is 0 Å². The Morgan fingerprint density at radius 1 is 1.55 bits per heavy atom. The summed E-state index contributed by atoms with van der Waals surface area (Å²) < 4.78 is 1.71. The van der Waals surface area contributed by atoms with Gasteiger partial charge < -0.3 is 10.0 Å². The van der Waals surface area contributed by atoms with E-state index < -0.39 is 5.97 Å². The van der Waals surface area contributed by atoms with Crippen molar-refractivity contribution in [3.8, 4) is 0 Å². The van der Waals surface area contributed by atoms with Gasteiger partial charge >= 0.3 is 5.97 Å². The maximum Gasteiger partial charge on any atom is 0.339 e. The smallest absolute Gasteiger partial charge is 0.339 e. The number of carboxylic acid groups (broad SMARTS) is 1. The van der Waals surface area contributed by atoms with E-state index >= 15 is 0 Å². The number of nitrogens with zero attached hydrogens (tertiary/aromatic N) is 4. The lowest BCUT2D eigenvalue weighted by Gasteiger charge is -2.25. The molecule has 20 heavy (non-hydrogen) atoms. The van der Waals surface area contributed by atoms with Crippen LogP contribution in [-0.2, 0) is 7.05 Å². The third-order valence-corrected chi connectivity index (χ3v) is 3.85. The molecule has 0 aromatic carbocycles. The number of hydrogen-bond acceptors (Lipinski definition) is 4. The number of pyridine rings is 1. The average molecular weight is 274 g/mol. The number of aromatic carboxylic acids is 1. The molecule has 0 unspecified atom stereocenters. The summed E-state index contributed by atoms with van der Waals surface area (Å²) in [6.07, 6.45) is 3.69. The first-order chi connectivity index (χ1) is 9.54. The number of anilines is 1. The molecule has 0 bridgehead atoms. The first-order valence-electron chi connectivity index (χ1n) is 6.86. The van der Waals surface area contributed by atoms with Gasteiger partial charge in [0.2, 0.25) is 0 Å². The van der Waals surface area contributed by atoms with E-state index in [0.29, 0.717) is 6.04 Å². The second-order valence-electron chi connectivity index (χ2n) is 5.25. The van der Waals surface area contributed by atoms with Gasteiger partial charge in [-0.15, -0.1) is 0 Å². The van der Waals surface area contributed by atoms with Gasteiger partial charge in [-0.1, -0.05) is 0 Å². The molecule has 3 rings (SSSR count). The predicted molar refractivity (Wildman–Crippen MR) is 76.2 cm³/mol. The van der Waals surface area contributed by atoms with Crippen LogP contribution in [-0.4, -0.2) is 38.4 Å². The summed E-state index contributed by atoms with van der Waals surface area (Å²) in [6, 6.07) is 0.448. The minimum absolute atomic E-state index is 0.266. The van der Waals surface area contributed by atoms with Gasteiger partial charge in [0.15, 0.2) is 5.65 Å². The molecule has 0 saturated heterocycles. The lowest BCUT2D eigenvalue weighted by molar-refractivity contribution is 0.0697. The molecule has 1 fully saturated rings. The Balaban J connectivity index is 2.33. The lowest BCUT2D eigenvalue weighted by Crippen LogP contribution is -2.27. The zero-order chi connectivity index (χ0) is 14.4. The molecular weight excluding hydrogens is 256 g/mol. The Morgan fingerprint density at radius 3 is 2.80 bits per heavy atom. The van der Waals surface area contributed by atoms with Gasteiger partial charge in [0.25, 0.3) is 0 Å². The van der Waals surface area contributed by atoms with Crippen LogP contribution in [0.15, 0.2) is 6.20 Å². The van der Waals surface area contributed by atoms with E-state index in [0.717, 1.165) is 41.8 Å². The second kappa shape index (κ2) is 4.47. The average Bonchev–Trinajstić information content (AvgIpc) is 3.18.